The Kier molecular flexibility index (Phi) is 6.71. The smallest absolute Gasteiger partial charge is 0.249 e. The van der Waals surface area contributed by atoms with E-state index in [1.165, 1.54) is 32.1 Å². The maximum atomic E-state index is 11.2. The first-order valence-electron chi connectivity index (χ1n) is 8.50. The van der Waals surface area contributed by atoms with Crippen LogP contribution in [0.4, 0.5) is 0 Å². The summed E-state index contributed by atoms with van der Waals surface area (Å²) in [7, 11) is 0. The highest BCUT2D eigenvalue weighted by Gasteiger charge is 2.28. The molecule has 0 N–H and O–H groups in total. The molecular weight excluding hydrogens is 262 g/mol. The van der Waals surface area contributed by atoms with Crippen LogP contribution in [0.3, 0.4) is 0 Å². The predicted octanol–water partition coefficient (Wildman–Crippen LogP) is 4.26. The van der Waals surface area contributed by atoms with Gasteiger partial charge < -0.3 is 9.64 Å². The van der Waals surface area contributed by atoms with Gasteiger partial charge in [0.05, 0.1) is 6.61 Å². The fourth-order valence-corrected chi connectivity index (χ4v) is 3.20. The third-order valence-corrected chi connectivity index (χ3v) is 4.63. The van der Waals surface area contributed by atoms with E-state index in [0.29, 0.717) is 12.0 Å². The maximum absolute atomic E-state index is 11.2. The van der Waals surface area contributed by atoms with Crippen LogP contribution in [0.2, 0.25) is 0 Å². The second-order valence-corrected chi connectivity index (χ2v) is 8.47. The second kappa shape index (κ2) is 7.62. The van der Waals surface area contributed by atoms with Crippen LogP contribution >= 0.6 is 0 Å². The van der Waals surface area contributed by atoms with Gasteiger partial charge in [-0.1, -0.05) is 40.0 Å². The molecule has 2 fully saturated rings. The van der Waals surface area contributed by atoms with Crippen molar-refractivity contribution < 1.29 is 9.53 Å². The van der Waals surface area contributed by atoms with E-state index in [2.05, 4.69) is 20.8 Å². The number of ether oxygens (including phenoxy) is 1. The van der Waals surface area contributed by atoms with E-state index < -0.39 is 0 Å². The molecular formula is C18H35NO2. The lowest BCUT2D eigenvalue weighted by atomic mass is 9.72. The summed E-state index contributed by atoms with van der Waals surface area (Å²) >= 11 is 0. The molecule has 0 unspecified atom stereocenters. The Bertz CT molecular complexity index is 319. The average molecular weight is 297 g/mol. The first-order chi connectivity index (χ1) is 9.62. The molecule has 1 aliphatic heterocycles. The van der Waals surface area contributed by atoms with Crippen LogP contribution in [-0.4, -0.2) is 36.1 Å². The van der Waals surface area contributed by atoms with Crippen LogP contribution in [-0.2, 0) is 9.53 Å². The van der Waals surface area contributed by atoms with Crippen molar-refractivity contribution in [2.24, 2.45) is 11.3 Å². The topological polar surface area (TPSA) is 29.5 Å². The molecule has 0 atom stereocenters. The number of nitrogens with zero attached hydrogens (tertiary/aromatic N) is 1. The highest BCUT2D eigenvalue weighted by Crippen LogP contribution is 2.37. The zero-order valence-electron chi connectivity index (χ0n) is 15.0. The van der Waals surface area contributed by atoms with Crippen LogP contribution in [0.1, 0.15) is 73.6 Å². The Morgan fingerprint density at radius 2 is 1.57 bits per heavy atom. The molecule has 3 nitrogen and oxygen atoms in total. The summed E-state index contributed by atoms with van der Waals surface area (Å²) in [5.74, 6) is 1.10. The van der Waals surface area contributed by atoms with E-state index in [1.807, 2.05) is 25.7 Å². The minimum atomic E-state index is -0.0547. The molecule has 0 radical (unpaired) electrons. The average Bonchev–Trinajstić information content (AvgIpc) is 2.39. The Labute approximate surface area is 131 Å². The van der Waals surface area contributed by atoms with E-state index in [-0.39, 0.29) is 18.1 Å². The number of hydrogen-bond acceptors (Lipinski definition) is 2. The van der Waals surface area contributed by atoms with Gasteiger partial charge in [-0.15, -0.1) is 0 Å². The fourth-order valence-electron chi connectivity index (χ4n) is 3.20. The molecule has 3 heteroatoms. The molecule has 1 heterocycles. The van der Waals surface area contributed by atoms with Crippen molar-refractivity contribution in [2.45, 2.75) is 79.2 Å². The summed E-state index contributed by atoms with van der Waals surface area (Å²) in [5, 5.41) is 0. The van der Waals surface area contributed by atoms with Gasteiger partial charge in [0.2, 0.25) is 5.91 Å². The van der Waals surface area contributed by atoms with Gasteiger partial charge in [0.1, 0.15) is 6.61 Å². The van der Waals surface area contributed by atoms with Gasteiger partial charge in [-0.2, -0.15) is 0 Å². The molecule has 1 saturated carbocycles. The van der Waals surface area contributed by atoms with Crippen molar-refractivity contribution in [1.82, 2.24) is 4.90 Å². The van der Waals surface area contributed by atoms with Gasteiger partial charge in [-0.05, 0) is 44.9 Å². The summed E-state index contributed by atoms with van der Waals surface area (Å²) in [6.45, 7) is 14.9. The summed E-state index contributed by atoms with van der Waals surface area (Å²) in [6, 6.07) is 0. The zero-order valence-corrected chi connectivity index (χ0v) is 15.0. The lowest BCUT2D eigenvalue weighted by Gasteiger charge is -2.38. The summed E-state index contributed by atoms with van der Waals surface area (Å²) < 4.78 is 5.02. The first-order valence-corrected chi connectivity index (χ1v) is 8.50. The maximum Gasteiger partial charge on any atom is 0.249 e. The van der Waals surface area contributed by atoms with E-state index in [4.69, 9.17) is 4.74 Å². The van der Waals surface area contributed by atoms with Crippen LogP contribution in [0.15, 0.2) is 0 Å². The first kappa shape index (κ1) is 18.5. The standard InChI is InChI=1S/C10H20.C8H15NO2/c1-10(2,3)9-7-5-4-6-8-9;1-8(2,3)9-4-5-11-6-7(9)10/h9H,4-8H2,1-3H3;4-6H2,1-3H3. The molecule has 1 aliphatic carbocycles. The number of hydrogen-bond donors (Lipinski definition) is 0. The van der Waals surface area contributed by atoms with Gasteiger partial charge in [-0.3, -0.25) is 4.79 Å². The van der Waals surface area contributed by atoms with Crippen LogP contribution in [0.5, 0.6) is 0 Å². The van der Waals surface area contributed by atoms with Crippen molar-refractivity contribution in [2.75, 3.05) is 19.8 Å². The van der Waals surface area contributed by atoms with Crippen molar-refractivity contribution in [3.8, 4) is 0 Å². The number of carbonyl (C=O) groups excluding carboxylic acids is 1. The molecule has 2 rings (SSSR count). The lowest BCUT2D eigenvalue weighted by Crippen LogP contribution is -2.51. The number of morpholine rings is 1. The summed E-state index contributed by atoms with van der Waals surface area (Å²) in [5.41, 5.74) is 0.515. The molecule has 0 aromatic carbocycles. The quantitative estimate of drug-likeness (QED) is 0.668. The molecule has 124 valence electrons. The zero-order chi connectivity index (χ0) is 16.1. The Balaban J connectivity index is 0.000000211. The Hall–Kier alpha value is -0.570. The number of amides is 1. The minimum Gasteiger partial charge on any atom is -0.370 e. The monoisotopic (exact) mass is 297 g/mol. The Morgan fingerprint density at radius 3 is 1.90 bits per heavy atom. The van der Waals surface area contributed by atoms with E-state index in [9.17, 15) is 4.79 Å². The van der Waals surface area contributed by atoms with Crippen LogP contribution in [0.25, 0.3) is 0 Å². The van der Waals surface area contributed by atoms with Crippen molar-refractivity contribution in [3.63, 3.8) is 0 Å². The molecule has 1 amide bonds. The predicted molar refractivity (Wildman–Crippen MR) is 88.3 cm³/mol. The fraction of sp³-hybridized carbons (Fsp3) is 0.944. The van der Waals surface area contributed by atoms with E-state index in [0.717, 1.165) is 12.5 Å². The molecule has 0 aromatic rings. The number of rotatable bonds is 0. The van der Waals surface area contributed by atoms with Crippen molar-refractivity contribution >= 4 is 5.91 Å². The van der Waals surface area contributed by atoms with Gasteiger partial charge in [0.25, 0.3) is 0 Å². The van der Waals surface area contributed by atoms with Gasteiger partial charge >= 0.3 is 0 Å². The summed E-state index contributed by atoms with van der Waals surface area (Å²) in [6.07, 6.45) is 7.38. The molecule has 21 heavy (non-hydrogen) atoms. The van der Waals surface area contributed by atoms with Crippen molar-refractivity contribution in [3.05, 3.63) is 0 Å². The van der Waals surface area contributed by atoms with E-state index in [1.54, 1.807) is 0 Å². The largest absolute Gasteiger partial charge is 0.370 e. The van der Waals surface area contributed by atoms with Crippen molar-refractivity contribution in [1.29, 1.82) is 0 Å². The Morgan fingerprint density at radius 1 is 1.00 bits per heavy atom. The molecule has 0 aromatic heterocycles. The van der Waals surface area contributed by atoms with Gasteiger partial charge in [0.15, 0.2) is 0 Å². The van der Waals surface area contributed by atoms with E-state index >= 15 is 0 Å². The molecule has 0 spiro atoms. The highest BCUT2D eigenvalue weighted by atomic mass is 16.5. The molecule has 2 aliphatic rings. The number of carbonyl (C=O) groups is 1. The normalized spacial score (nSPS) is 21.8. The third-order valence-electron chi connectivity index (χ3n) is 4.63. The third kappa shape index (κ3) is 6.37. The SMILES string of the molecule is CC(C)(C)C1CCCCC1.CC(C)(C)N1CCOCC1=O. The molecule has 0 bridgehead atoms. The minimum absolute atomic E-state index is 0.0547. The second-order valence-electron chi connectivity index (χ2n) is 8.47. The lowest BCUT2D eigenvalue weighted by molar-refractivity contribution is -0.148. The highest BCUT2D eigenvalue weighted by molar-refractivity contribution is 5.78. The van der Waals surface area contributed by atoms with Crippen LogP contribution < -0.4 is 0 Å². The summed E-state index contributed by atoms with van der Waals surface area (Å²) in [4.78, 5) is 13.1. The van der Waals surface area contributed by atoms with Gasteiger partial charge in [0, 0.05) is 12.1 Å². The van der Waals surface area contributed by atoms with Gasteiger partial charge in [-0.25, -0.2) is 0 Å². The van der Waals surface area contributed by atoms with Crippen LogP contribution in [0, 0.1) is 11.3 Å². The molecule has 1 saturated heterocycles.